The van der Waals surface area contributed by atoms with Gasteiger partial charge in [-0.05, 0) is 36.5 Å². The van der Waals surface area contributed by atoms with Crippen molar-refractivity contribution in [3.8, 4) is 11.3 Å². The van der Waals surface area contributed by atoms with Crippen molar-refractivity contribution in [2.24, 2.45) is 0 Å². The van der Waals surface area contributed by atoms with Crippen LogP contribution in [0.15, 0.2) is 60.9 Å². The molecule has 3 N–H and O–H groups in total. The van der Waals surface area contributed by atoms with E-state index in [-0.39, 0.29) is 0 Å². The zero-order chi connectivity index (χ0) is 20.6. The Hall–Kier alpha value is -3.45. The second kappa shape index (κ2) is 7.67. The van der Waals surface area contributed by atoms with Gasteiger partial charge in [-0.15, -0.1) is 0 Å². The second-order valence-corrected chi connectivity index (χ2v) is 8.40. The van der Waals surface area contributed by atoms with Gasteiger partial charge >= 0.3 is 0 Å². The van der Waals surface area contributed by atoms with Gasteiger partial charge in [0.05, 0.1) is 17.9 Å². The highest BCUT2D eigenvalue weighted by atomic mass is 15.3. The Morgan fingerprint density at radius 3 is 2.65 bits per heavy atom. The lowest BCUT2D eigenvalue weighted by Crippen LogP contribution is -2.51. The number of nitrogens with one attached hydrogen (secondary N) is 3. The molecule has 7 nitrogen and oxygen atoms in total. The van der Waals surface area contributed by atoms with E-state index in [1.54, 1.807) is 0 Å². The van der Waals surface area contributed by atoms with E-state index in [0.29, 0.717) is 18.5 Å². The van der Waals surface area contributed by atoms with Crippen molar-refractivity contribution in [2.45, 2.75) is 31.3 Å². The maximum absolute atomic E-state index is 4.89. The highest BCUT2D eigenvalue weighted by Crippen LogP contribution is 2.42. The molecule has 1 aliphatic carbocycles. The number of rotatable bonds is 7. The van der Waals surface area contributed by atoms with Gasteiger partial charge in [-0.1, -0.05) is 30.3 Å². The van der Waals surface area contributed by atoms with Crippen LogP contribution in [-0.4, -0.2) is 38.7 Å². The molecule has 1 aliphatic heterocycles. The van der Waals surface area contributed by atoms with Crippen molar-refractivity contribution in [2.75, 3.05) is 23.7 Å². The summed E-state index contributed by atoms with van der Waals surface area (Å²) >= 11 is 0. The standard InChI is InChI=1S/C24H25N7/c1-2-10-26-21(3-1)18-6-4-16(5-7-18)12-27-23-11-22(29-19-13-25-14-19)30-24-20(17-8-9-17)15-28-31(23)24/h1-7,10-11,15,17,19,25,27H,8-9,12-14H2,(H,29,30). The summed E-state index contributed by atoms with van der Waals surface area (Å²) in [5.41, 5.74) is 5.54. The van der Waals surface area contributed by atoms with Gasteiger partial charge in [0.2, 0.25) is 0 Å². The molecule has 7 heteroatoms. The third kappa shape index (κ3) is 3.72. The number of aromatic nitrogens is 4. The largest absolute Gasteiger partial charge is 0.366 e. The fraction of sp³-hybridized carbons (Fsp3) is 0.292. The molecule has 1 saturated heterocycles. The molecule has 2 fully saturated rings. The number of fused-ring (bicyclic) bond motifs is 1. The minimum absolute atomic E-state index is 0.439. The molecular weight excluding hydrogens is 386 g/mol. The number of nitrogens with zero attached hydrogens (tertiary/aromatic N) is 4. The summed E-state index contributed by atoms with van der Waals surface area (Å²) < 4.78 is 1.94. The van der Waals surface area contributed by atoms with Crippen LogP contribution in [0, 0.1) is 0 Å². The SMILES string of the molecule is c1ccc(-c2ccc(CNc3cc(NC4CNC4)nc4c(C5CC5)cnn34)cc2)nc1. The van der Waals surface area contributed by atoms with Crippen LogP contribution in [0.3, 0.4) is 0 Å². The molecule has 0 bridgehead atoms. The number of hydrogen-bond acceptors (Lipinski definition) is 6. The van der Waals surface area contributed by atoms with Gasteiger partial charge < -0.3 is 16.0 Å². The van der Waals surface area contributed by atoms with E-state index in [4.69, 9.17) is 4.98 Å². The van der Waals surface area contributed by atoms with Gasteiger partial charge in [0.25, 0.3) is 0 Å². The zero-order valence-corrected chi connectivity index (χ0v) is 17.3. The molecule has 2 aliphatic rings. The molecule has 31 heavy (non-hydrogen) atoms. The van der Waals surface area contributed by atoms with Crippen LogP contribution in [0.25, 0.3) is 16.9 Å². The summed E-state index contributed by atoms with van der Waals surface area (Å²) in [6.07, 6.45) is 6.28. The molecule has 0 spiro atoms. The highest BCUT2D eigenvalue weighted by Gasteiger charge is 2.28. The first kappa shape index (κ1) is 18.3. The van der Waals surface area contributed by atoms with Crippen molar-refractivity contribution < 1.29 is 0 Å². The van der Waals surface area contributed by atoms with E-state index in [0.717, 1.165) is 41.6 Å². The highest BCUT2D eigenvalue weighted by molar-refractivity contribution is 5.62. The Labute approximate surface area is 180 Å². The molecule has 0 atom stereocenters. The average Bonchev–Trinajstić information content (AvgIpc) is 3.54. The first-order chi connectivity index (χ1) is 15.3. The Bertz CT molecular complexity index is 1190. The first-order valence-corrected chi connectivity index (χ1v) is 10.9. The zero-order valence-electron chi connectivity index (χ0n) is 17.3. The minimum atomic E-state index is 0.439. The number of benzene rings is 1. The minimum Gasteiger partial charge on any atom is -0.366 e. The summed E-state index contributed by atoms with van der Waals surface area (Å²) in [6.45, 7) is 2.67. The quantitative estimate of drug-likeness (QED) is 0.431. The summed E-state index contributed by atoms with van der Waals surface area (Å²) in [5.74, 6) is 2.48. The van der Waals surface area contributed by atoms with E-state index in [2.05, 4.69) is 56.4 Å². The molecular formula is C24H25N7. The van der Waals surface area contributed by atoms with E-state index in [1.165, 1.54) is 24.0 Å². The Morgan fingerprint density at radius 1 is 1.06 bits per heavy atom. The van der Waals surface area contributed by atoms with Crippen LogP contribution in [-0.2, 0) is 6.54 Å². The number of pyridine rings is 1. The van der Waals surface area contributed by atoms with Crippen LogP contribution >= 0.6 is 0 Å². The lowest BCUT2D eigenvalue weighted by atomic mass is 10.1. The molecule has 156 valence electrons. The predicted molar refractivity (Wildman–Crippen MR) is 122 cm³/mol. The summed E-state index contributed by atoms with van der Waals surface area (Å²) in [6, 6.07) is 17.0. The molecule has 4 aromatic rings. The molecule has 3 aromatic heterocycles. The van der Waals surface area contributed by atoms with Crippen LogP contribution in [0.5, 0.6) is 0 Å². The van der Waals surface area contributed by atoms with Gasteiger partial charge in [0, 0.05) is 43.0 Å². The van der Waals surface area contributed by atoms with Crippen LogP contribution in [0.1, 0.15) is 29.9 Å². The van der Waals surface area contributed by atoms with Crippen molar-refractivity contribution in [1.29, 1.82) is 0 Å². The van der Waals surface area contributed by atoms with E-state index in [1.807, 2.05) is 35.1 Å². The Morgan fingerprint density at radius 2 is 1.94 bits per heavy atom. The third-order valence-electron chi connectivity index (χ3n) is 6.04. The molecule has 4 heterocycles. The molecule has 0 radical (unpaired) electrons. The average molecular weight is 412 g/mol. The fourth-order valence-electron chi connectivity index (χ4n) is 3.98. The molecule has 1 aromatic carbocycles. The van der Waals surface area contributed by atoms with Gasteiger partial charge in [0.15, 0.2) is 5.65 Å². The first-order valence-electron chi connectivity index (χ1n) is 10.9. The van der Waals surface area contributed by atoms with Crippen LogP contribution < -0.4 is 16.0 Å². The smallest absolute Gasteiger partial charge is 0.163 e. The van der Waals surface area contributed by atoms with Gasteiger partial charge in [-0.3, -0.25) is 4.98 Å². The maximum Gasteiger partial charge on any atom is 0.163 e. The maximum atomic E-state index is 4.89. The summed E-state index contributed by atoms with van der Waals surface area (Å²) in [7, 11) is 0. The van der Waals surface area contributed by atoms with E-state index in [9.17, 15) is 0 Å². The second-order valence-electron chi connectivity index (χ2n) is 8.40. The Kier molecular flexibility index (Phi) is 4.53. The van der Waals surface area contributed by atoms with E-state index >= 15 is 0 Å². The molecule has 1 saturated carbocycles. The van der Waals surface area contributed by atoms with Crippen molar-refractivity contribution in [3.63, 3.8) is 0 Å². The van der Waals surface area contributed by atoms with Crippen molar-refractivity contribution in [3.05, 3.63) is 72.1 Å². The van der Waals surface area contributed by atoms with Crippen LogP contribution in [0.4, 0.5) is 11.6 Å². The van der Waals surface area contributed by atoms with E-state index < -0.39 is 0 Å². The summed E-state index contributed by atoms with van der Waals surface area (Å²) in [5, 5.41) is 15.1. The lowest BCUT2D eigenvalue weighted by Gasteiger charge is -2.28. The monoisotopic (exact) mass is 411 g/mol. The predicted octanol–water partition coefficient (Wildman–Crippen LogP) is 3.66. The molecule has 0 amide bonds. The fourth-order valence-corrected chi connectivity index (χ4v) is 3.98. The van der Waals surface area contributed by atoms with Gasteiger partial charge in [0.1, 0.15) is 11.6 Å². The van der Waals surface area contributed by atoms with Crippen molar-refractivity contribution in [1.82, 2.24) is 24.9 Å². The summed E-state index contributed by atoms with van der Waals surface area (Å²) in [4.78, 5) is 9.32. The number of hydrogen-bond donors (Lipinski definition) is 3. The van der Waals surface area contributed by atoms with Gasteiger partial charge in [-0.2, -0.15) is 9.61 Å². The van der Waals surface area contributed by atoms with Crippen LogP contribution in [0.2, 0.25) is 0 Å². The normalized spacial score (nSPS) is 16.3. The molecule has 6 rings (SSSR count). The Balaban J connectivity index is 1.25. The van der Waals surface area contributed by atoms with Gasteiger partial charge in [-0.25, -0.2) is 4.98 Å². The lowest BCUT2D eigenvalue weighted by molar-refractivity contribution is 0.471. The number of anilines is 2. The topological polar surface area (TPSA) is 79.2 Å². The van der Waals surface area contributed by atoms with Crippen molar-refractivity contribution >= 4 is 17.3 Å². The third-order valence-corrected chi connectivity index (χ3v) is 6.04. The molecule has 0 unspecified atom stereocenters.